The lowest BCUT2D eigenvalue weighted by molar-refractivity contribution is 0.126. The number of nitrogens with zero attached hydrogens (tertiary/aromatic N) is 3. The lowest BCUT2D eigenvalue weighted by atomic mass is 9.79. The van der Waals surface area contributed by atoms with Gasteiger partial charge in [0.25, 0.3) is 0 Å². The van der Waals surface area contributed by atoms with Gasteiger partial charge in [0.05, 0.1) is 21.6 Å². The van der Waals surface area contributed by atoms with Crippen molar-refractivity contribution in [1.29, 1.82) is 0 Å². The summed E-state index contributed by atoms with van der Waals surface area (Å²) in [5.74, 6) is 0.955. The molecule has 1 fully saturated rings. The highest BCUT2D eigenvalue weighted by Gasteiger charge is 2.29. The van der Waals surface area contributed by atoms with Crippen molar-refractivity contribution in [2.75, 3.05) is 24.7 Å². The number of hydrogen-bond acceptors (Lipinski definition) is 9. The molecule has 2 aromatic heterocycles. The Morgan fingerprint density at radius 1 is 1.05 bits per heavy atom. The third kappa shape index (κ3) is 6.80. The Kier molecular flexibility index (Phi) is 8.01. The van der Waals surface area contributed by atoms with Crippen LogP contribution in [0.25, 0.3) is 0 Å². The van der Waals surface area contributed by atoms with Crippen LogP contribution in [-0.4, -0.2) is 54.6 Å². The molecule has 2 heterocycles. The van der Waals surface area contributed by atoms with E-state index in [9.17, 15) is 13.5 Å². The van der Waals surface area contributed by atoms with Crippen LogP contribution in [0, 0.1) is 5.41 Å². The standard InChI is InChI=1S/C29H39N5O3S2/c1-29(2)13-12-24-25(17-29)38-28(31-24)33-27-16-23(15-26(32-27)30-20-8-10-21(35)11-9-20)39(36,37)22-7-5-6-19(14-22)18-34(3)4/h5-7,14-16,20-21,35H,8-13,17-18H2,1-4H3,(H2,30,31,32,33)/t20-,21-. The van der Waals surface area contributed by atoms with Gasteiger partial charge in [0, 0.05) is 23.5 Å². The molecule has 0 unspecified atom stereocenters. The number of aryl methyl sites for hydroxylation is 1. The molecule has 39 heavy (non-hydrogen) atoms. The Bertz CT molecular complexity index is 1430. The fourth-order valence-electron chi connectivity index (χ4n) is 5.40. The molecule has 210 valence electrons. The molecule has 0 aliphatic heterocycles. The van der Waals surface area contributed by atoms with Crippen molar-refractivity contribution in [3.05, 3.63) is 52.5 Å². The van der Waals surface area contributed by atoms with E-state index in [1.807, 2.05) is 25.1 Å². The molecule has 0 radical (unpaired) electrons. The Hall–Kier alpha value is -2.53. The summed E-state index contributed by atoms with van der Waals surface area (Å²) in [7, 11) is 0.123. The predicted molar refractivity (Wildman–Crippen MR) is 157 cm³/mol. The highest BCUT2D eigenvalue weighted by Crippen LogP contribution is 2.39. The first-order chi connectivity index (χ1) is 18.5. The van der Waals surface area contributed by atoms with Crippen LogP contribution in [0.4, 0.5) is 16.8 Å². The fourth-order valence-corrected chi connectivity index (χ4v) is 8.04. The maximum Gasteiger partial charge on any atom is 0.206 e. The molecule has 2 aliphatic rings. The van der Waals surface area contributed by atoms with Crippen LogP contribution >= 0.6 is 11.3 Å². The largest absolute Gasteiger partial charge is 0.393 e. The van der Waals surface area contributed by atoms with Gasteiger partial charge in [0.15, 0.2) is 5.13 Å². The van der Waals surface area contributed by atoms with E-state index in [0.717, 1.165) is 61.3 Å². The van der Waals surface area contributed by atoms with Crippen LogP contribution in [0.2, 0.25) is 0 Å². The maximum atomic E-state index is 13.9. The molecule has 0 amide bonds. The molecule has 5 rings (SSSR count). The number of sulfone groups is 1. The van der Waals surface area contributed by atoms with Crippen molar-refractivity contribution in [2.45, 2.75) is 87.3 Å². The SMILES string of the molecule is CN(C)Cc1cccc(S(=O)(=O)c2cc(Nc3nc4c(s3)CC(C)(C)CC4)nc(N[C@H]3CC[C@H](O)CC3)c2)c1. The van der Waals surface area contributed by atoms with Gasteiger partial charge in [-0.25, -0.2) is 18.4 Å². The first-order valence-electron chi connectivity index (χ1n) is 13.7. The fraction of sp³-hybridized carbons (Fsp3) is 0.517. The number of aromatic nitrogens is 2. The number of benzene rings is 1. The molecular weight excluding hydrogens is 530 g/mol. The van der Waals surface area contributed by atoms with Crippen LogP contribution in [0.1, 0.15) is 62.1 Å². The van der Waals surface area contributed by atoms with Gasteiger partial charge in [-0.05, 0) is 88.2 Å². The Balaban J connectivity index is 1.48. The van der Waals surface area contributed by atoms with Crippen molar-refractivity contribution in [2.24, 2.45) is 5.41 Å². The Morgan fingerprint density at radius 3 is 2.54 bits per heavy atom. The average molecular weight is 570 g/mol. The smallest absolute Gasteiger partial charge is 0.206 e. The van der Waals surface area contributed by atoms with Gasteiger partial charge in [-0.1, -0.05) is 26.0 Å². The predicted octanol–water partition coefficient (Wildman–Crippen LogP) is 5.41. The summed E-state index contributed by atoms with van der Waals surface area (Å²) < 4.78 is 27.7. The van der Waals surface area contributed by atoms with Gasteiger partial charge in [-0.3, -0.25) is 0 Å². The number of hydrogen-bond donors (Lipinski definition) is 3. The summed E-state index contributed by atoms with van der Waals surface area (Å²) in [6.45, 7) is 5.22. The number of thiazole rings is 1. The molecule has 8 nitrogen and oxygen atoms in total. The summed E-state index contributed by atoms with van der Waals surface area (Å²) in [6, 6.07) is 10.5. The lowest BCUT2D eigenvalue weighted by Gasteiger charge is -2.28. The van der Waals surface area contributed by atoms with Crippen LogP contribution in [0.3, 0.4) is 0 Å². The summed E-state index contributed by atoms with van der Waals surface area (Å²) >= 11 is 1.63. The number of nitrogens with one attached hydrogen (secondary N) is 2. The summed E-state index contributed by atoms with van der Waals surface area (Å²) in [5, 5.41) is 17.4. The van der Waals surface area contributed by atoms with Crippen molar-refractivity contribution >= 4 is 37.9 Å². The summed E-state index contributed by atoms with van der Waals surface area (Å²) in [6.07, 6.45) is 5.84. The summed E-state index contributed by atoms with van der Waals surface area (Å²) in [5.41, 5.74) is 2.32. The van der Waals surface area contributed by atoms with Crippen LogP contribution in [0.15, 0.2) is 46.2 Å². The van der Waals surface area contributed by atoms with Crippen LogP contribution in [0.5, 0.6) is 0 Å². The second-order valence-corrected chi connectivity index (χ2v) is 15.0. The molecule has 1 saturated carbocycles. The van der Waals surface area contributed by atoms with Crippen molar-refractivity contribution < 1.29 is 13.5 Å². The van der Waals surface area contributed by atoms with E-state index < -0.39 is 9.84 Å². The van der Waals surface area contributed by atoms with E-state index in [2.05, 4.69) is 24.5 Å². The molecule has 2 aliphatic carbocycles. The Morgan fingerprint density at radius 2 is 1.79 bits per heavy atom. The molecule has 1 aromatic carbocycles. The van der Waals surface area contributed by atoms with Gasteiger partial charge in [-0.2, -0.15) is 0 Å². The minimum atomic E-state index is -3.80. The average Bonchev–Trinajstić information content (AvgIpc) is 3.25. The van der Waals surface area contributed by atoms with Crippen molar-refractivity contribution in [1.82, 2.24) is 14.9 Å². The van der Waals surface area contributed by atoms with E-state index in [1.54, 1.807) is 41.7 Å². The van der Waals surface area contributed by atoms with Gasteiger partial charge < -0.3 is 20.6 Å². The van der Waals surface area contributed by atoms with E-state index in [-0.39, 0.29) is 27.4 Å². The third-order valence-electron chi connectivity index (χ3n) is 7.56. The summed E-state index contributed by atoms with van der Waals surface area (Å²) in [4.78, 5) is 13.3. The first kappa shape index (κ1) is 28.0. The highest BCUT2D eigenvalue weighted by molar-refractivity contribution is 7.91. The number of fused-ring (bicyclic) bond motifs is 1. The van der Waals surface area contributed by atoms with Crippen molar-refractivity contribution in [3.63, 3.8) is 0 Å². The van der Waals surface area contributed by atoms with Gasteiger partial charge in [0.2, 0.25) is 9.84 Å². The highest BCUT2D eigenvalue weighted by atomic mass is 32.2. The first-order valence-corrected chi connectivity index (χ1v) is 16.0. The molecular formula is C29H39N5O3S2. The molecule has 0 saturated heterocycles. The van der Waals surface area contributed by atoms with Crippen molar-refractivity contribution in [3.8, 4) is 0 Å². The number of aliphatic hydroxyl groups is 1. The van der Waals surface area contributed by atoms with E-state index in [0.29, 0.717) is 18.2 Å². The second kappa shape index (κ2) is 11.2. The normalized spacial score (nSPS) is 21.0. The zero-order valence-corrected chi connectivity index (χ0v) is 24.8. The zero-order valence-electron chi connectivity index (χ0n) is 23.2. The molecule has 0 bridgehead atoms. The number of rotatable bonds is 8. The molecule has 3 N–H and O–H groups in total. The molecule has 3 aromatic rings. The Labute approximate surface area is 235 Å². The molecule has 10 heteroatoms. The number of pyridine rings is 1. The van der Waals surface area contributed by atoms with E-state index >= 15 is 0 Å². The van der Waals surface area contributed by atoms with Gasteiger partial charge in [0.1, 0.15) is 11.6 Å². The topological polar surface area (TPSA) is 107 Å². The zero-order chi connectivity index (χ0) is 27.8. The quantitative estimate of drug-likeness (QED) is 0.331. The monoisotopic (exact) mass is 569 g/mol. The lowest BCUT2D eigenvalue weighted by Crippen LogP contribution is -2.28. The van der Waals surface area contributed by atoms with Gasteiger partial charge >= 0.3 is 0 Å². The number of anilines is 3. The molecule has 0 spiro atoms. The van der Waals surface area contributed by atoms with Crippen LogP contribution in [-0.2, 0) is 29.2 Å². The van der Waals surface area contributed by atoms with Crippen LogP contribution < -0.4 is 10.6 Å². The van der Waals surface area contributed by atoms with E-state index in [4.69, 9.17) is 9.97 Å². The maximum absolute atomic E-state index is 13.9. The number of aliphatic hydroxyl groups excluding tert-OH is 1. The van der Waals surface area contributed by atoms with Gasteiger partial charge in [-0.15, -0.1) is 11.3 Å². The van der Waals surface area contributed by atoms with E-state index in [1.165, 1.54) is 4.88 Å². The molecule has 0 atom stereocenters. The third-order valence-corrected chi connectivity index (χ3v) is 10.3. The second-order valence-electron chi connectivity index (χ2n) is 12.0. The minimum absolute atomic E-state index is 0.129. The minimum Gasteiger partial charge on any atom is -0.393 e.